The molecule has 0 spiro atoms. The van der Waals surface area contributed by atoms with Crippen LogP contribution in [0.5, 0.6) is 0 Å². The van der Waals surface area contributed by atoms with E-state index in [2.05, 4.69) is 4.98 Å². The van der Waals surface area contributed by atoms with Gasteiger partial charge < -0.3 is 4.74 Å². The number of hydrogen-bond donors (Lipinski definition) is 0. The number of aromatic nitrogens is 1. The van der Waals surface area contributed by atoms with Gasteiger partial charge in [-0.15, -0.1) is 0 Å². The molecule has 1 aromatic rings. The second kappa shape index (κ2) is 5.92. The molecule has 0 saturated carbocycles. The first-order valence-electron chi connectivity index (χ1n) is 4.31. The molecule has 7 heteroatoms. The van der Waals surface area contributed by atoms with Gasteiger partial charge in [-0.3, -0.25) is 4.79 Å². The molecular weight excluding hydrogens is 296 g/mol. The Morgan fingerprint density at radius 2 is 1.69 bits per heavy atom. The minimum absolute atomic E-state index is 0.00960. The normalized spacial score (nSPS) is 10.3. The van der Waals surface area contributed by atoms with E-state index in [0.29, 0.717) is 5.56 Å². The van der Waals surface area contributed by atoms with Crippen LogP contribution in [0.15, 0.2) is 0 Å². The Labute approximate surface area is 113 Å². The van der Waals surface area contributed by atoms with Gasteiger partial charge >= 0.3 is 5.97 Å². The lowest BCUT2D eigenvalue weighted by Crippen LogP contribution is -2.09. The minimum atomic E-state index is -0.454. The van der Waals surface area contributed by atoms with Gasteiger partial charge in [-0.2, -0.15) is 0 Å². The Bertz CT molecular complexity index is 396. The highest BCUT2D eigenvalue weighted by atomic mass is 35.5. The summed E-state index contributed by atoms with van der Waals surface area (Å²) in [5.74, 6) is -0.454. The van der Waals surface area contributed by atoms with Crippen LogP contribution in [0.4, 0.5) is 0 Å². The summed E-state index contributed by atoms with van der Waals surface area (Å²) in [6, 6.07) is 0. The summed E-state index contributed by atoms with van der Waals surface area (Å²) < 4.78 is 4.77. The van der Waals surface area contributed by atoms with E-state index >= 15 is 0 Å². The summed E-state index contributed by atoms with van der Waals surface area (Å²) in [4.78, 5) is 15.0. The van der Waals surface area contributed by atoms with Crippen molar-refractivity contribution in [2.24, 2.45) is 0 Å². The second-order valence-corrected chi connectivity index (χ2v) is 4.25. The summed E-state index contributed by atoms with van der Waals surface area (Å²) in [6.07, 6.45) is -0.0898. The van der Waals surface area contributed by atoms with Crippen LogP contribution in [-0.4, -0.2) is 17.6 Å². The first kappa shape index (κ1) is 13.8. The molecule has 88 valence electrons. The number of esters is 1. The molecule has 1 rings (SSSR count). The standard InChI is InChI=1S/C9H7Cl4NO2/c1-2-16-5(15)3-4-6(10)8(12)14-9(13)7(4)11/h2-3H2,1H3. The van der Waals surface area contributed by atoms with E-state index in [-0.39, 0.29) is 33.4 Å². The Morgan fingerprint density at radius 3 is 2.12 bits per heavy atom. The zero-order valence-corrected chi connectivity index (χ0v) is 11.2. The number of pyridine rings is 1. The molecule has 0 saturated heterocycles. The molecule has 1 aromatic heterocycles. The molecule has 0 atom stereocenters. The molecule has 1 heterocycles. The molecule has 0 unspecified atom stereocenters. The van der Waals surface area contributed by atoms with Crippen molar-refractivity contribution in [1.82, 2.24) is 4.98 Å². The van der Waals surface area contributed by atoms with E-state index in [4.69, 9.17) is 51.1 Å². The maximum Gasteiger partial charge on any atom is 0.310 e. The van der Waals surface area contributed by atoms with Gasteiger partial charge in [-0.1, -0.05) is 46.4 Å². The maximum atomic E-state index is 11.3. The molecule has 0 aliphatic heterocycles. The first-order chi connectivity index (χ1) is 7.47. The number of ether oxygens (including phenoxy) is 1. The highest BCUT2D eigenvalue weighted by Gasteiger charge is 2.18. The molecule has 0 bridgehead atoms. The molecular formula is C9H7Cl4NO2. The molecule has 0 fully saturated rings. The summed E-state index contributed by atoms with van der Waals surface area (Å²) in [7, 11) is 0. The number of halogens is 4. The Hall–Kier alpha value is -0.220. The number of carbonyl (C=O) groups excluding carboxylic acids is 1. The van der Waals surface area contributed by atoms with Crippen LogP contribution in [0.25, 0.3) is 0 Å². The van der Waals surface area contributed by atoms with Crippen molar-refractivity contribution in [2.75, 3.05) is 6.61 Å². The largest absolute Gasteiger partial charge is 0.466 e. The predicted molar refractivity (Wildman–Crippen MR) is 64.6 cm³/mol. The topological polar surface area (TPSA) is 39.2 Å². The van der Waals surface area contributed by atoms with Gasteiger partial charge in [0.25, 0.3) is 0 Å². The zero-order chi connectivity index (χ0) is 12.3. The van der Waals surface area contributed by atoms with Crippen molar-refractivity contribution in [1.29, 1.82) is 0 Å². The fraction of sp³-hybridized carbons (Fsp3) is 0.333. The SMILES string of the molecule is CCOC(=O)Cc1c(Cl)c(Cl)nc(Cl)c1Cl. The third-order valence-corrected chi connectivity index (χ3v) is 3.27. The van der Waals surface area contributed by atoms with E-state index in [0.717, 1.165) is 0 Å². The van der Waals surface area contributed by atoms with Gasteiger partial charge in [-0.25, -0.2) is 4.98 Å². The first-order valence-corrected chi connectivity index (χ1v) is 5.83. The Balaban J connectivity index is 3.07. The second-order valence-electron chi connectivity index (χ2n) is 2.78. The van der Waals surface area contributed by atoms with Crippen LogP contribution in [0, 0.1) is 0 Å². The third-order valence-electron chi connectivity index (χ3n) is 1.71. The number of rotatable bonds is 3. The molecule has 0 N–H and O–H groups in total. The zero-order valence-electron chi connectivity index (χ0n) is 8.19. The summed E-state index contributed by atoms with van der Waals surface area (Å²) >= 11 is 23.2. The maximum absolute atomic E-state index is 11.3. The molecule has 0 aromatic carbocycles. The number of nitrogens with zero attached hydrogens (tertiary/aromatic N) is 1. The van der Waals surface area contributed by atoms with E-state index in [9.17, 15) is 4.79 Å². The average molecular weight is 303 g/mol. The van der Waals surface area contributed by atoms with Gasteiger partial charge in [0.05, 0.1) is 23.1 Å². The molecule has 16 heavy (non-hydrogen) atoms. The molecule has 0 aliphatic rings. The predicted octanol–water partition coefficient (Wildman–Crippen LogP) is 3.80. The molecule has 0 amide bonds. The van der Waals surface area contributed by atoms with Crippen molar-refractivity contribution < 1.29 is 9.53 Å². The highest BCUT2D eigenvalue weighted by Crippen LogP contribution is 2.34. The van der Waals surface area contributed by atoms with Crippen molar-refractivity contribution in [2.45, 2.75) is 13.3 Å². The smallest absolute Gasteiger partial charge is 0.310 e. The minimum Gasteiger partial charge on any atom is -0.466 e. The Morgan fingerprint density at radius 1 is 1.19 bits per heavy atom. The van der Waals surface area contributed by atoms with Crippen molar-refractivity contribution in [3.8, 4) is 0 Å². The summed E-state index contributed by atoms with van der Waals surface area (Å²) in [5.41, 5.74) is 0.326. The lowest BCUT2D eigenvalue weighted by atomic mass is 10.2. The average Bonchev–Trinajstić information content (AvgIpc) is 2.22. The lowest BCUT2D eigenvalue weighted by molar-refractivity contribution is -0.142. The molecule has 3 nitrogen and oxygen atoms in total. The van der Waals surface area contributed by atoms with Crippen molar-refractivity contribution >= 4 is 52.4 Å². The van der Waals surface area contributed by atoms with Gasteiger partial charge in [0, 0.05) is 5.56 Å². The monoisotopic (exact) mass is 301 g/mol. The van der Waals surface area contributed by atoms with Crippen LogP contribution < -0.4 is 0 Å². The Kier molecular flexibility index (Phi) is 5.12. The van der Waals surface area contributed by atoms with E-state index < -0.39 is 5.97 Å². The fourth-order valence-electron chi connectivity index (χ4n) is 1.04. The summed E-state index contributed by atoms with van der Waals surface area (Å²) in [5, 5.41) is 0.249. The highest BCUT2D eigenvalue weighted by molar-refractivity contribution is 6.46. The molecule has 0 radical (unpaired) electrons. The third kappa shape index (κ3) is 3.14. The van der Waals surface area contributed by atoms with Crippen LogP contribution in [0.2, 0.25) is 20.4 Å². The van der Waals surface area contributed by atoms with Crippen LogP contribution in [0.3, 0.4) is 0 Å². The van der Waals surface area contributed by atoms with E-state index in [1.54, 1.807) is 6.92 Å². The van der Waals surface area contributed by atoms with Crippen molar-refractivity contribution in [3.05, 3.63) is 25.9 Å². The van der Waals surface area contributed by atoms with Crippen LogP contribution >= 0.6 is 46.4 Å². The van der Waals surface area contributed by atoms with Gasteiger partial charge in [0.2, 0.25) is 0 Å². The van der Waals surface area contributed by atoms with Gasteiger partial charge in [0.15, 0.2) is 0 Å². The summed E-state index contributed by atoms with van der Waals surface area (Å²) in [6.45, 7) is 1.98. The van der Waals surface area contributed by atoms with Crippen LogP contribution in [-0.2, 0) is 16.0 Å². The van der Waals surface area contributed by atoms with E-state index in [1.807, 2.05) is 0 Å². The van der Waals surface area contributed by atoms with Crippen LogP contribution in [0.1, 0.15) is 12.5 Å². The quantitative estimate of drug-likeness (QED) is 0.630. The lowest BCUT2D eigenvalue weighted by Gasteiger charge is -2.08. The molecule has 0 aliphatic carbocycles. The van der Waals surface area contributed by atoms with Gasteiger partial charge in [-0.05, 0) is 6.92 Å². The fourth-order valence-corrected chi connectivity index (χ4v) is 1.94. The van der Waals surface area contributed by atoms with Crippen molar-refractivity contribution in [3.63, 3.8) is 0 Å². The number of hydrogen-bond acceptors (Lipinski definition) is 3. The van der Waals surface area contributed by atoms with Gasteiger partial charge in [0.1, 0.15) is 10.3 Å². The number of carbonyl (C=O) groups is 1. The van der Waals surface area contributed by atoms with E-state index in [1.165, 1.54) is 0 Å².